The first-order valence-electron chi connectivity index (χ1n) is 24.6. The van der Waals surface area contributed by atoms with E-state index >= 15 is 0 Å². The third-order valence-electron chi connectivity index (χ3n) is 15.5. The SMILES string of the molecule is Cc1cc2c3c(c1)N1c4c(cc(C(C)(C)C)cc4-n4c5ccc(C(C)(C)C)cc5c5cc(C(C)(C)C)cc1c54)B3c1oc3ccc(-c4ccccc4)cc3c1N2c1cccc2c1oc1ccccc12. The van der Waals surface area contributed by atoms with Crippen LogP contribution < -0.4 is 26.4 Å². The normalized spacial score (nSPS) is 14.1. The zero-order valence-electron chi connectivity index (χ0n) is 41.1. The van der Waals surface area contributed by atoms with Gasteiger partial charge in [-0.3, -0.25) is 0 Å². The molecule has 0 saturated heterocycles. The minimum absolute atomic E-state index is 0.00718. The van der Waals surface area contributed by atoms with Gasteiger partial charge in [-0.2, -0.15) is 0 Å². The largest absolute Gasteiger partial charge is 0.468 e. The summed E-state index contributed by atoms with van der Waals surface area (Å²) in [6.45, 7) is 23.1. The molecule has 14 rings (SSSR count). The van der Waals surface area contributed by atoms with Crippen LogP contribution in [0.3, 0.4) is 0 Å². The lowest BCUT2D eigenvalue weighted by Gasteiger charge is -2.45. The van der Waals surface area contributed by atoms with Crippen molar-refractivity contribution in [1.82, 2.24) is 4.57 Å². The molecule has 0 bridgehead atoms. The molecule has 336 valence electrons. The molecule has 0 amide bonds. The molecule has 0 N–H and O–H groups in total. The van der Waals surface area contributed by atoms with Gasteiger partial charge in [-0.15, -0.1) is 0 Å². The summed E-state index contributed by atoms with van der Waals surface area (Å²) >= 11 is 0. The quantitative estimate of drug-likeness (QED) is 0.162. The van der Waals surface area contributed by atoms with E-state index in [-0.39, 0.29) is 23.0 Å². The molecule has 5 nitrogen and oxygen atoms in total. The number of fused-ring (bicyclic) bond motifs is 14. The highest BCUT2D eigenvalue weighted by atomic mass is 16.3. The summed E-state index contributed by atoms with van der Waals surface area (Å²) in [5, 5.41) is 5.86. The average Bonchev–Trinajstić information content (AvgIpc) is 4.00. The molecule has 0 saturated carbocycles. The number of benzene rings is 8. The van der Waals surface area contributed by atoms with Crippen LogP contribution in [0.1, 0.15) is 84.6 Å². The third kappa shape index (κ3) is 5.54. The highest BCUT2D eigenvalue weighted by Gasteiger charge is 2.50. The summed E-state index contributed by atoms with van der Waals surface area (Å²) in [5.74, 6) is 0. The molecule has 0 atom stereocenters. The topological polar surface area (TPSA) is 37.7 Å². The lowest BCUT2D eigenvalue weighted by atomic mass is 9.35. The number of hydrogen-bond donors (Lipinski definition) is 0. The van der Waals surface area contributed by atoms with Crippen molar-refractivity contribution in [2.24, 2.45) is 0 Å². The zero-order valence-corrected chi connectivity index (χ0v) is 41.1. The van der Waals surface area contributed by atoms with E-state index in [0.29, 0.717) is 0 Å². The summed E-state index contributed by atoms with van der Waals surface area (Å²) < 4.78 is 17.0. The van der Waals surface area contributed by atoms with Crippen LogP contribution in [0.2, 0.25) is 0 Å². The Kier molecular flexibility index (Phi) is 7.90. The van der Waals surface area contributed by atoms with Crippen LogP contribution in [0.4, 0.5) is 34.1 Å². The summed E-state index contributed by atoms with van der Waals surface area (Å²) in [7, 11) is 0. The van der Waals surface area contributed by atoms with Crippen molar-refractivity contribution in [3.05, 3.63) is 168 Å². The molecule has 0 unspecified atom stereocenters. The molecular formula is C63H54BN3O2. The summed E-state index contributed by atoms with van der Waals surface area (Å²) in [5.41, 5.74) is 23.7. The van der Waals surface area contributed by atoms with Crippen LogP contribution in [0.25, 0.3) is 71.5 Å². The van der Waals surface area contributed by atoms with Crippen molar-refractivity contribution in [3.63, 3.8) is 0 Å². The number of nitrogens with zero attached hydrogens (tertiary/aromatic N) is 3. The first-order chi connectivity index (χ1) is 33.0. The van der Waals surface area contributed by atoms with Crippen LogP contribution in [-0.2, 0) is 16.2 Å². The van der Waals surface area contributed by atoms with Crippen molar-refractivity contribution in [3.8, 4) is 16.8 Å². The fraction of sp³-hybridized carbons (Fsp3) is 0.206. The van der Waals surface area contributed by atoms with Gasteiger partial charge in [-0.1, -0.05) is 141 Å². The minimum atomic E-state index is -0.214. The Bertz CT molecular complexity index is 4050. The lowest BCUT2D eigenvalue weighted by Crippen LogP contribution is -2.61. The van der Waals surface area contributed by atoms with E-state index in [9.17, 15) is 0 Å². The molecule has 0 spiro atoms. The standard InChI is InChI=1S/C63H54BN3O2/c1-35-27-49-55-50(28-35)67-51-33-39(62(5,6)7)31-44-43-30-38(61(2,3)4)24-25-47(43)65(56(44)51)52-34-40(63(8,9)10)32-46(58(52)67)64(55)60-57(45-29-37(23-26-54(45)69-60)36-17-12-11-13-18-36)66(49)48-21-16-20-42-41-19-14-15-22-53(41)68-59(42)48/h11-34H,1-10H3. The number of furan rings is 2. The molecule has 3 aromatic heterocycles. The second kappa shape index (κ2) is 13.4. The molecule has 0 aliphatic carbocycles. The van der Waals surface area contributed by atoms with Gasteiger partial charge in [0.1, 0.15) is 11.2 Å². The Labute approximate surface area is 403 Å². The van der Waals surface area contributed by atoms with Crippen LogP contribution >= 0.6 is 0 Å². The third-order valence-corrected chi connectivity index (χ3v) is 15.5. The van der Waals surface area contributed by atoms with Gasteiger partial charge >= 0.3 is 0 Å². The molecular weight excluding hydrogens is 842 g/mol. The number of aromatic nitrogens is 1. The maximum atomic E-state index is 7.49. The molecule has 0 radical (unpaired) electrons. The fourth-order valence-corrected chi connectivity index (χ4v) is 12.0. The highest BCUT2D eigenvalue weighted by molar-refractivity contribution is 7.00. The summed E-state index contributed by atoms with van der Waals surface area (Å²) in [6, 6.07) is 54.5. The number of aryl methyl sites for hydroxylation is 1. The molecule has 0 fully saturated rings. The number of anilines is 6. The monoisotopic (exact) mass is 895 g/mol. The molecule has 3 aliphatic heterocycles. The minimum Gasteiger partial charge on any atom is -0.468 e. The summed E-state index contributed by atoms with van der Waals surface area (Å²) in [4.78, 5) is 5.13. The summed E-state index contributed by atoms with van der Waals surface area (Å²) in [6.07, 6.45) is 0. The van der Waals surface area contributed by atoms with Gasteiger partial charge in [0.15, 0.2) is 5.58 Å². The van der Waals surface area contributed by atoms with E-state index in [4.69, 9.17) is 8.83 Å². The van der Waals surface area contributed by atoms with Gasteiger partial charge < -0.3 is 23.2 Å². The van der Waals surface area contributed by atoms with Gasteiger partial charge in [0.05, 0.1) is 45.1 Å². The first kappa shape index (κ1) is 40.6. The molecule has 3 aliphatic rings. The van der Waals surface area contributed by atoms with Crippen LogP contribution in [0.5, 0.6) is 0 Å². The van der Waals surface area contributed by atoms with Crippen molar-refractivity contribution in [1.29, 1.82) is 0 Å². The van der Waals surface area contributed by atoms with E-state index in [1.165, 1.54) is 83.3 Å². The molecule has 8 aromatic carbocycles. The van der Waals surface area contributed by atoms with E-state index < -0.39 is 0 Å². The van der Waals surface area contributed by atoms with Gasteiger partial charge in [0.25, 0.3) is 6.71 Å². The highest BCUT2D eigenvalue weighted by Crippen LogP contribution is 2.56. The van der Waals surface area contributed by atoms with Gasteiger partial charge in [-0.05, 0) is 134 Å². The van der Waals surface area contributed by atoms with Crippen molar-refractivity contribution in [2.75, 3.05) is 9.80 Å². The van der Waals surface area contributed by atoms with Crippen molar-refractivity contribution < 1.29 is 8.83 Å². The van der Waals surface area contributed by atoms with Gasteiger partial charge in [0, 0.05) is 38.3 Å². The van der Waals surface area contributed by atoms with E-state index in [1.54, 1.807) is 0 Å². The Morgan fingerprint density at radius 1 is 0.435 bits per heavy atom. The fourth-order valence-electron chi connectivity index (χ4n) is 12.0. The smallest absolute Gasteiger partial charge is 0.297 e. The molecule has 11 aromatic rings. The van der Waals surface area contributed by atoms with Crippen LogP contribution in [-0.4, -0.2) is 11.3 Å². The second-order valence-electron chi connectivity index (χ2n) is 23.1. The maximum Gasteiger partial charge on any atom is 0.297 e. The molecule has 6 heterocycles. The van der Waals surface area contributed by atoms with E-state index in [1.807, 2.05) is 0 Å². The molecule has 6 heteroatoms. The number of hydrogen-bond acceptors (Lipinski definition) is 4. The predicted molar refractivity (Wildman–Crippen MR) is 292 cm³/mol. The lowest BCUT2D eigenvalue weighted by molar-refractivity contribution is 0.590. The van der Waals surface area contributed by atoms with E-state index in [2.05, 4.69) is 229 Å². The Morgan fingerprint density at radius 3 is 1.84 bits per heavy atom. The number of para-hydroxylation sites is 2. The van der Waals surface area contributed by atoms with Gasteiger partial charge in [-0.25, -0.2) is 0 Å². The van der Waals surface area contributed by atoms with Gasteiger partial charge in [0.2, 0.25) is 0 Å². The van der Waals surface area contributed by atoms with Crippen LogP contribution in [0, 0.1) is 6.92 Å². The maximum absolute atomic E-state index is 7.49. The van der Waals surface area contributed by atoms with Crippen LogP contribution in [0.15, 0.2) is 154 Å². The Hall–Kier alpha value is -7.44. The van der Waals surface area contributed by atoms with E-state index in [0.717, 1.165) is 61.2 Å². The molecule has 69 heavy (non-hydrogen) atoms. The Balaban J connectivity index is 1.16. The van der Waals surface area contributed by atoms with Crippen molar-refractivity contribution >= 4 is 112 Å². The zero-order chi connectivity index (χ0) is 47.2. The average molecular weight is 896 g/mol. The first-order valence-corrected chi connectivity index (χ1v) is 24.6. The second-order valence-corrected chi connectivity index (χ2v) is 23.1. The van der Waals surface area contributed by atoms with Crippen molar-refractivity contribution in [2.45, 2.75) is 85.5 Å². The number of rotatable bonds is 2. The predicted octanol–water partition coefficient (Wildman–Crippen LogP) is 15.7. The Morgan fingerprint density at radius 2 is 1.09 bits per heavy atom.